The van der Waals surface area contributed by atoms with Gasteiger partial charge in [-0.2, -0.15) is 0 Å². The highest BCUT2D eigenvalue weighted by Crippen LogP contribution is 2.47. The zero-order chi connectivity index (χ0) is 26.2. The second-order valence-electron chi connectivity index (χ2n) is 9.90. The van der Waals surface area contributed by atoms with Crippen molar-refractivity contribution in [2.45, 2.75) is 48.4 Å². The predicted molar refractivity (Wildman–Crippen MR) is 149 cm³/mol. The summed E-state index contributed by atoms with van der Waals surface area (Å²) in [6.07, 6.45) is 9.09. The van der Waals surface area contributed by atoms with E-state index in [1.54, 1.807) is 13.4 Å². The van der Waals surface area contributed by atoms with E-state index in [2.05, 4.69) is 26.4 Å². The normalized spacial score (nSPS) is 18.5. The molecular formula is C26H32ClN7O2S. The van der Waals surface area contributed by atoms with Crippen molar-refractivity contribution in [2.75, 3.05) is 44.0 Å². The van der Waals surface area contributed by atoms with Crippen LogP contribution in [0.15, 0.2) is 33.6 Å². The monoisotopic (exact) mass is 541 g/mol. The van der Waals surface area contributed by atoms with Crippen LogP contribution in [0.1, 0.15) is 54.6 Å². The number of aliphatic imine (C=N–C) groups is 1. The largest absolute Gasteiger partial charge is 0.383 e. The van der Waals surface area contributed by atoms with Gasteiger partial charge in [0.25, 0.3) is 5.91 Å². The second kappa shape index (κ2) is 10.5. The number of nitrogens with two attached hydrogens (primary N) is 2. The van der Waals surface area contributed by atoms with Crippen LogP contribution in [-0.2, 0) is 4.74 Å². The van der Waals surface area contributed by atoms with Crippen molar-refractivity contribution in [2.24, 2.45) is 16.1 Å². The molecule has 2 fully saturated rings. The first kappa shape index (κ1) is 25.8. The number of fused-ring (bicyclic) bond motifs is 1. The van der Waals surface area contributed by atoms with Gasteiger partial charge in [0.05, 0.1) is 23.7 Å². The number of amides is 1. The third kappa shape index (κ3) is 5.02. The van der Waals surface area contributed by atoms with Gasteiger partial charge < -0.3 is 26.0 Å². The summed E-state index contributed by atoms with van der Waals surface area (Å²) in [5, 5.41) is 0.861. The molecule has 1 saturated carbocycles. The zero-order valence-corrected chi connectivity index (χ0v) is 22.6. The number of rotatable bonds is 7. The van der Waals surface area contributed by atoms with Gasteiger partial charge in [0.2, 0.25) is 0 Å². The van der Waals surface area contributed by atoms with Crippen LogP contribution in [0.25, 0.3) is 5.70 Å². The third-order valence-corrected chi connectivity index (χ3v) is 9.25. The van der Waals surface area contributed by atoms with E-state index in [9.17, 15) is 4.79 Å². The molecule has 2 aromatic rings. The molecule has 1 saturated heterocycles. The number of nitrogens with zero attached hydrogens (tertiary/aromatic N) is 5. The Kier molecular flexibility index (Phi) is 7.33. The lowest BCUT2D eigenvalue weighted by molar-refractivity contribution is 0.0995. The average Bonchev–Trinajstić information content (AvgIpc) is 3.34. The molecule has 0 unspecified atom stereocenters. The summed E-state index contributed by atoms with van der Waals surface area (Å²) < 4.78 is 5.18. The first-order chi connectivity index (χ1) is 17.8. The number of anilines is 2. The molecule has 3 aliphatic rings. The van der Waals surface area contributed by atoms with Crippen LogP contribution in [0.2, 0.25) is 5.02 Å². The van der Waals surface area contributed by atoms with E-state index in [1.165, 1.54) is 37.4 Å². The van der Waals surface area contributed by atoms with E-state index in [0.29, 0.717) is 39.3 Å². The number of hydrogen-bond donors (Lipinski definition) is 2. The molecule has 0 bridgehead atoms. The van der Waals surface area contributed by atoms with Crippen molar-refractivity contribution < 1.29 is 9.53 Å². The Morgan fingerprint density at radius 3 is 2.62 bits per heavy atom. The number of primary amides is 1. The van der Waals surface area contributed by atoms with Crippen molar-refractivity contribution in [1.82, 2.24) is 14.9 Å². The highest BCUT2D eigenvalue weighted by atomic mass is 35.5. The molecule has 1 aromatic heterocycles. The number of piperidine rings is 1. The van der Waals surface area contributed by atoms with E-state index in [0.717, 1.165) is 42.9 Å². The topological polar surface area (TPSA) is 123 Å². The Hall–Kier alpha value is -2.82. The van der Waals surface area contributed by atoms with Crippen LogP contribution in [0.4, 0.5) is 17.3 Å². The Balaban J connectivity index is 1.41. The standard InChI is InChI=1S/C26H32ClN7O2S/c1-16-19-17(30-15-34(16)13-14-36-2)5-6-18(20(19)27)37-25-22(28)32-24(21(31-25)23(29)35)33-11-9-26(10-12-33)7-3-4-8-26/h5-6,15H,1,3-4,7-14H2,2H3,(H2,28,32)(H2,29,35). The lowest BCUT2D eigenvalue weighted by Gasteiger charge is -2.40. The molecule has 11 heteroatoms. The molecule has 0 radical (unpaired) electrons. The number of nitrogen functional groups attached to an aromatic ring is 1. The molecular weight excluding hydrogens is 510 g/mol. The molecule has 4 N–H and O–H groups in total. The summed E-state index contributed by atoms with van der Waals surface area (Å²) in [6.45, 7) is 6.98. The van der Waals surface area contributed by atoms with E-state index in [1.807, 2.05) is 17.0 Å². The number of benzene rings is 1. The number of carbonyl (C=O) groups is 1. The van der Waals surface area contributed by atoms with Crippen LogP contribution >= 0.6 is 23.4 Å². The molecule has 1 aromatic carbocycles. The lowest BCUT2D eigenvalue weighted by Crippen LogP contribution is -2.40. The van der Waals surface area contributed by atoms with Crippen molar-refractivity contribution in [1.29, 1.82) is 0 Å². The van der Waals surface area contributed by atoms with Crippen molar-refractivity contribution in [3.8, 4) is 0 Å². The number of hydrogen-bond acceptors (Lipinski definition) is 9. The van der Waals surface area contributed by atoms with Gasteiger partial charge >= 0.3 is 0 Å². The maximum absolute atomic E-state index is 12.4. The minimum Gasteiger partial charge on any atom is -0.383 e. The van der Waals surface area contributed by atoms with Gasteiger partial charge in [0, 0.05) is 42.9 Å². The van der Waals surface area contributed by atoms with Crippen LogP contribution in [-0.4, -0.2) is 60.5 Å². The van der Waals surface area contributed by atoms with Gasteiger partial charge in [-0.1, -0.05) is 42.8 Å². The van der Waals surface area contributed by atoms with E-state index in [-0.39, 0.29) is 11.5 Å². The minimum absolute atomic E-state index is 0.132. The molecule has 37 heavy (non-hydrogen) atoms. The third-order valence-electron chi connectivity index (χ3n) is 7.69. The minimum atomic E-state index is -0.626. The SMILES string of the molecule is C=C1c2c(ccc(Sc3nc(C(N)=O)c(N4CCC5(CCCC5)CC4)nc3N)c2Cl)N=CN1CCOC. The molecule has 3 heterocycles. The highest BCUT2D eigenvalue weighted by molar-refractivity contribution is 7.99. The first-order valence-electron chi connectivity index (χ1n) is 12.5. The summed E-state index contributed by atoms with van der Waals surface area (Å²) in [7, 11) is 1.65. The second-order valence-corrected chi connectivity index (χ2v) is 11.3. The molecule has 9 nitrogen and oxygen atoms in total. The fourth-order valence-electron chi connectivity index (χ4n) is 5.54. The van der Waals surface area contributed by atoms with Crippen molar-refractivity contribution >= 4 is 58.6 Å². The fourth-order valence-corrected chi connectivity index (χ4v) is 6.75. The molecule has 1 amide bonds. The number of ether oxygens (including phenoxy) is 1. The van der Waals surface area contributed by atoms with E-state index >= 15 is 0 Å². The van der Waals surface area contributed by atoms with Crippen LogP contribution < -0.4 is 16.4 Å². The van der Waals surface area contributed by atoms with Gasteiger partial charge in [-0.15, -0.1) is 0 Å². The van der Waals surface area contributed by atoms with Crippen LogP contribution in [0, 0.1) is 5.41 Å². The maximum atomic E-state index is 12.4. The summed E-state index contributed by atoms with van der Waals surface area (Å²) in [4.78, 5) is 30.8. The Labute approximate surface area is 226 Å². The molecule has 2 aliphatic heterocycles. The first-order valence-corrected chi connectivity index (χ1v) is 13.7. The number of aromatic nitrogens is 2. The highest BCUT2D eigenvalue weighted by Gasteiger charge is 2.38. The number of carbonyl (C=O) groups excluding carboxylic acids is 1. The van der Waals surface area contributed by atoms with Gasteiger partial charge in [-0.3, -0.25) is 4.79 Å². The smallest absolute Gasteiger partial charge is 0.271 e. The molecule has 5 rings (SSSR count). The summed E-state index contributed by atoms with van der Waals surface area (Å²) in [6, 6.07) is 3.73. The molecule has 0 atom stereocenters. The summed E-state index contributed by atoms with van der Waals surface area (Å²) in [5.74, 6) is 0.0762. The van der Waals surface area contributed by atoms with Gasteiger partial charge in [-0.25, -0.2) is 15.0 Å². The zero-order valence-electron chi connectivity index (χ0n) is 21.0. The Morgan fingerprint density at radius 1 is 1.22 bits per heavy atom. The van der Waals surface area contributed by atoms with Gasteiger partial charge in [0.15, 0.2) is 17.3 Å². The molecule has 196 valence electrons. The van der Waals surface area contributed by atoms with Crippen molar-refractivity contribution in [3.05, 3.63) is 35.0 Å². The van der Waals surface area contributed by atoms with Crippen LogP contribution in [0.5, 0.6) is 0 Å². The van der Waals surface area contributed by atoms with E-state index in [4.69, 9.17) is 27.8 Å². The summed E-state index contributed by atoms with van der Waals surface area (Å²) >= 11 is 8.08. The Morgan fingerprint density at radius 2 is 1.95 bits per heavy atom. The lowest BCUT2D eigenvalue weighted by atomic mass is 9.77. The fraction of sp³-hybridized carbons (Fsp3) is 0.462. The van der Waals surface area contributed by atoms with Crippen molar-refractivity contribution in [3.63, 3.8) is 0 Å². The number of halogens is 1. The van der Waals surface area contributed by atoms with E-state index < -0.39 is 5.91 Å². The molecule has 1 aliphatic carbocycles. The predicted octanol–water partition coefficient (Wildman–Crippen LogP) is 4.72. The summed E-state index contributed by atoms with van der Waals surface area (Å²) in [5.41, 5.74) is 14.9. The molecule has 1 spiro atoms. The van der Waals surface area contributed by atoms with Crippen LogP contribution in [0.3, 0.4) is 0 Å². The average molecular weight is 542 g/mol. The quantitative estimate of drug-likeness (QED) is 0.516. The van der Waals surface area contributed by atoms with Gasteiger partial charge in [-0.05, 0) is 43.2 Å². The Bertz CT molecular complexity index is 1250. The maximum Gasteiger partial charge on any atom is 0.271 e. The number of methoxy groups -OCH3 is 1. The van der Waals surface area contributed by atoms with Gasteiger partial charge in [0.1, 0.15) is 5.03 Å².